The zero-order valence-electron chi connectivity index (χ0n) is 11.0. The third kappa shape index (κ3) is 3.27. The lowest BCUT2D eigenvalue weighted by Gasteiger charge is -2.19. The molecule has 18 heavy (non-hydrogen) atoms. The summed E-state index contributed by atoms with van der Waals surface area (Å²) in [7, 11) is 1.85. The van der Waals surface area contributed by atoms with Gasteiger partial charge in [-0.2, -0.15) is 0 Å². The van der Waals surface area contributed by atoms with Crippen molar-refractivity contribution in [1.82, 2.24) is 5.32 Å². The van der Waals surface area contributed by atoms with E-state index in [1.165, 1.54) is 11.3 Å². The smallest absolute Gasteiger partial charge is 0.228 e. The van der Waals surface area contributed by atoms with Gasteiger partial charge in [0.1, 0.15) is 0 Å². The normalized spacial score (nSPS) is 18.9. The highest BCUT2D eigenvalue weighted by Crippen LogP contribution is 2.21. The molecule has 98 valence electrons. The second-order valence-electron chi connectivity index (χ2n) is 4.65. The van der Waals surface area contributed by atoms with E-state index in [4.69, 9.17) is 0 Å². The Morgan fingerprint density at radius 3 is 2.72 bits per heavy atom. The fraction of sp³-hybridized carbons (Fsp3) is 0.500. The molecule has 1 atom stereocenters. The molecule has 1 aliphatic rings. The Labute approximate surface area is 113 Å². The van der Waals surface area contributed by atoms with Gasteiger partial charge in [-0.05, 0) is 49.9 Å². The van der Waals surface area contributed by atoms with Crippen LogP contribution >= 0.6 is 11.8 Å². The summed E-state index contributed by atoms with van der Waals surface area (Å²) < 4.78 is 0. The first-order valence-electron chi connectivity index (χ1n) is 6.34. The molecule has 1 unspecified atom stereocenters. The molecule has 1 heterocycles. The Balaban J connectivity index is 1.95. The maximum atomic E-state index is 12.1. The van der Waals surface area contributed by atoms with E-state index < -0.39 is 0 Å². The van der Waals surface area contributed by atoms with Crippen molar-refractivity contribution in [1.29, 1.82) is 0 Å². The maximum absolute atomic E-state index is 12.1. The number of anilines is 1. The fourth-order valence-electron chi connectivity index (χ4n) is 2.23. The molecular formula is C14H20N2OS. The first-order valence-corrected chi connectivity index (χ1v) is 7.57. The maximum Gasteiger partial charge on any atom is 0.228 e. The number of rotatable bonds is 4. The highest BCUT2D eigenvalue weighted by atomic mass is 32.2. The van der Waals surface area contributed by atoms with Crippen molar-refractivity contribution < 1.29 is 4.79 Å². The van der Waals surface area contributed by atoms with Crippen molar-refractivity contribution >= 4 is 23.4 Å². The third-order valence-corrected chi connectivity index (χ3v) is 4.16. The van der Waals surface area contributed by atoms with Gasteiger partial charge in [0.25, 0.3) is 0 Å². The lowest BCUT2D eigenvalue weighted by Crippen LogP contribution is -2.33. The molecule has 4 heteroatoms. The van der Waals surface area contributed by atoms with E-state index in [9.17, 15) is 4.79 Å². The summed E-state index contributed by atoms with van der Waals surface area (Å²) in [4.78, 5) is 15.1. The minimum atomic E-state index is 0.186. The molecule has 0 radical (unpaired) electrons. The molecule has 1 aromatic rings. The van der Waals surface area contributed by atoms with Gasteiger partial charge in [-0.15, -0.1) is 11.8 Å². The van der Waals surface area contributed by atoms with Gasteiger partial charge in [-0.25, -0.2) is 0 Å². The molecule has 1 aliphatic heterocycles. The average molecular weight is 264 g/mol. The van der Waals surface area contributed by atoms with Crippen LogP contribution in [0.2, 0.25) is 0 Å². The van der Waals surface area contributed by atoms with Crippen molar-refractivity contribution in [2.75, 3.05) is 24.7 Å². The van der Waals surface area contributed by atoms with Crippen LogP contribution in [0.3, 0.4) is 0 Å². The van der Waals surface area contributed by atoms with Gasteiger partial charge in [0.2, 0.25) is 5.91 Å². The van der Waals surface area contributed by atoms with Crippen molar-refractivity contribution in [3.63, 3.8) is 0 Å². The summed E-state index contributed by atoms with van der Waals surface area (Å²) in [5, 5.41) is 3.36. The molecule has 0 aliphatic carbocycles. The highest BCUT2D eigenvalue weighted by molar-refractivity contribution is 7.98. The number of hydrogen-bond acceptors (Lipinski definition) is 3. The summed E-state index contributed by atoms with van der Waals surface area (Å²) in [5.74, 6) is 0.186. The van der Waals surface area contributed by atoms with Gasteiger partial charge < -0.3 is 10.2 Å². The molecule has 3 nitrogen and oxygen atoms in total. The van der Waals surface area contributed by atoms with E-state index in [-0.39, 0.29) is 5.91 Å². The topological polar surface area (TPSA) is 32.3 Å². The number of benzene rings is 1. The SMILES string of the molecule is CSc1ccc(N(C)C(=O)CC2CCCN2)cc1. The van der Waals surface area contributed by atoms with E-state index in [2.05, 4.69) is 23.7 Å². The Kier molecular flexibility index (Phi) is 4.66. The van der Waals surface area contributed by atoms with Crippen molar-refractivity contribution in [3.05, 3.63) is 24.3 Å². The first kappa shape index (κ1) is 13.4. The zero-order chi connectivity index (χ0) is 13.0. The molecule has 2 rings (SSSR count). The molecule has 0 bridgehead atoms. The number of carbonyl (C=O) groups excluding carboxylic acids is 1. The van der Waals surface area contributed by atoms with E-state index in [0.29, 0.717) is 12.5 Å². The molecular weight excluding hydrogens is 244 g/mol. The van der Waals surface area contributed by atoms with Crippen LogP contribution in [0.15, 0.2) is 29.2 Å². The van der Waals surface area contributed by atoms with E-state index >= 15 is 0 Å². The van der Waals surface area contributed by atoms with Crippen molar-refractivity contribution in [2.45, 2.75) is 30.2 Å². The van der Waals surface area contributed by atoms with Crippen LogP contribution in [0.4, 0.5) is 5.69 Å². The van der Waals surface area contributed by atoms with Crippen LogP contribution in [0.1, 0.15) is 19.3 Å². The number of thioether (sulfide) groups is 1. The van der Waals surface area contributed by atoms with Crippen LogP contribution in [0.25, 0.3) is 0 Å². The number of nitrogens with one attached hydrogen (secondary N) is 1. The third-order valence-electron chi connectivity index (χ3n) is 3.42. The first-order chi connectivity index (χ1) is 8.70. The summed E-state index contributed by atoms with van der Waals surface area (Å²) in [6.45, 7) is 1.05. The molecule has 1 fully saturated rings. The molecule has 0 aromatic heterocycles. The average Bonchev–Trinajstić information content (AvgIpc) is 2.91. The Morgan fingerprint density at radius 2 is 2.17 bits per heavy atom. The predicted octanol–water partition coefficient (Wildman–Crippen LogP) is 2.51. The number of nitrogens with zero attached hydrogens (tertiary/aromatic N) is 1. The largest absolute Gasteiger partial charge is 0.315 e. The van der Waals surface area contributed by atoms with Crippen LogP contribution in [0, 0.1) is 0 Å². The standard InChI is InChI=1S/C14H20N2OS/c1-16(12-5-7-13(18-2)8-6-12)14(17)10-11-4-3-9-15-11/h5-8,11,15H,3-4,9-10H2,1-2H3. The van der Waals surface area contributed by atoms with Crippen LogP contribution < -0.4 is 10.2 Å². The highest BCUT2D eigenvalue weighted by Gasteiger charge is 2.20. The molecule has 1 aromatic carbocycles. The number of amides is 1. The van der Waals surface area contributed by atoms with Gasteiger partial charge >= 0.3 is 0 Å². The van der Waals surface area contributed by atoms with Crippen molar-refractivity contribution in [3.8, 4) is 0 Å². The lowest BCUT2D eigenvalue weighted by molar-refractivity contribution is -0.118. The summed E-state index contributed by atoms with van der Waals surface area (Å²) >= 11 is 1.71. The van der Waals surface area contributed by atoms with Gasteiger partial charge in [0.15, 0.2) is 0 Å². The van der Waals surface area contributed by atoms with Gasteiger partial charge in [-0.1, -0.05) is 0 Å². The van der Waals surface area contributed by atoms with Gasteiger partial charge in [0.05, 0.1) is 0 Å². The summed E-state index contributed by atoms with van der Waals surface area (Å²) in [6.07, 6.45) is 4.95. The van der Waals surface area contributed by atoms with E-state index in [0.717, 1.165) is 18.7 Å². The molecule has 1 amide bonds. The molecule has 0 saturated carbocycles. The zero-order valence-corrected chi connectivity index (χ0v) is 11.8. The second-order valence-corrected chi connectivity index (χ2v) is 5.53. The Bertz CT molecular complexity index is 399. The molecule has 0 spiro atoms. The Hall–Kier alpha value is -1.00. The minimum Gasteiger partial charge on any atom is -0.315 e. The van der Waals surface area contributed by atoms with Gasteiger partial charge in [-0.3, -0.25) is 4.79 Å². The second kappa shape index (κ2) is 6.25. The summed E-state index contributed by atoms with van der Waals surface area (Å²) in [6, 6.07) is 8.48. The van der Waals surface area contributed by atoms with Crippen LogP contribution in [-0.4, -0.2) is 31.8 Å². The fourth-order valence-corrected chi connectivity index (χ4v) is 2.64. The van der Waals surface area contributed by atoms with E-state index in [1.54, 1.807) is 16.7 Å². The van der Waals surface area contributed by atoms with Crippen LogP contribution in [-0.2, 0) is 4.79 Å². The minimum absolute atomic E-state index is 0.186. The number of hydrogen-bond donors (Lipinski definition) is 1. The molecule has 1 saturated heterocycles. The molecule has 1 N–H and O–H groups in total. The van der Waals surface area contributed by atoms with Crippen molar-refractivity contribution in [2.24, 2.45) is 0 Å². The summed E-state index contributed by atoms with van der Waals surface area (Å²) in [5.41, 5.74) is 0.968. The van der Waals surface area contributed by atoms with E-state index in [1.807, 2.05) is 19.2 Å². The quantitative estimate of drug-likeness (QED) is 0.848. The number of carbonyl (C=O) groups is 1. The predicted molar refractivity (Wildman–Crippen MR) is 77.3 cm³/mol. The monoisotopic (exact) mass is 264 g/mol. The Morgan fingerprint density at radius 1 is 1.44 bits per heavy atom. The van der Waals surface area contributed by atoms with Gasteiger partial charge in [0, 0.05) is 30.1 Å². The van der Waals surface area contributed by atoms with Crippen LogP contribution in [0.5, 0.6) is 0 Å². The lowest BCUT2D eigenvalue weighted by atomic mass is 10.1.